The molecule has 18 heavy (non-hydrogen) atoms. The molecule has 0 bridgehead atoms. The monoisotopic (exact) mass is 251 g/mol. The number of primary amides is 1. The molecule has 7 nitrogen and oxygen atoms in total. The third-order valence-electron chi connectivity index (χ3n) is 3.32. The fourth-order valence-corrected chi connectivity index (χ4v) is 2.10. The van der Waals surface area contributed by atoms with Gasteiger partial charge in [-0.1, -0.05) is 0 Å². The van der Waals surface area contributed by atoms with E-state index in [2.05, 4.69) is 10.2 Å². The smallest absolute Gasteiger partial charge is 0.257 e. The van der Waals surface area contributed by atoms with E-state index in [1.807, 2.05) is 11.9 Å². The average Bonchev–Trinajstić information content (AvgIpc) is 2.75. The molecule has 1 aromatic heterocycles. The number of amides is 2. The van der Waals surface area contributed by atoms with Crippen molar-refractivity contribution in [1.29, 1.82) is 0 Å². The Hall–Kier alpha value is -1.89. The molecule has 1 aliphatic rings. The zero-order chi connectivity index (χ0) is 13.3. The molecule has 98 valence electrons. The van der Waals surface area contributed by atoms with E-state index >= 15 is 0 Å². The lowest BCUT2D eigenvalue weighted by molar-refractivity contribution is -0.124. The molecule has 0 aliphatic carbocycles. The molecular weight excluding hydrogens is 234 g/mol. The number of likely N-dealkylation sites (N-methyl/N-ethyl adjacent to an activating group) is 1. The summed E-state index contributed by atoms with van der Waals surface area (Å²) in [6.07, 6.45) is 1.51. The molecule has 0 aromatic carbocycles. The summed E-state index contributed by atoms with van der Waals surface area (Å²) in [4.78, 5) is 27.1. The zero-order valence-electron chi connectivity index (χ0n) is 10.5. The SMILES string of the molecule is Cc1[nH]ncc1C(=O)N1CCN(C)[C@@H](C(N)=O)C1. The van der Waals surface area contributed by atoms with Gasteiger partial charge in [0, 0.05) is 25.3 Å². The van der Waals surface area contributed by atoms with E-state index in [4.69, 9.17) is 5.73 Å². The van der Waals surface area contributed by atoms with E-state index in [1.165, 1.54) is 6.20 Å². The largest absolute Gasteiger partial charge is 0.368 e. The van der Waals surface area contributed by atoms with Crippen molar-refractivity contribution in [1.82, 2.24) is 20.0 Å². The number of aromatic amines is 1. The summed E-state index contributed by atoms with van der Waals surface area (Å²) in [6.45, 7) is 3.34. The molecule has 2 heterocycles. The third kappa shape index (κ3) is 2.21. The van der Waals surface area contributed by atoms with E-state index in [-0.39, 0.29) is 5.91 Å². The molecule has 1 aromatic rings. The predicted molar refractivity (Wildman–Crippen MR) is 64.8 cm³/mol. The summed E-state index contributed by atoms with van der Waals surface area (Å²) in [5.74, 6) is -0.514. The highest BCUT2D eigenvalue weighted by atomic mass is 16.2. The maximum atomic E-state index is 12.3. The van der Waals surface area contributed by atoms with Gasteiger partial charge in [0.25, 0.3) is 5.91 Å². The van der Waals surface area contributed by atoms with Crippen molar-refractivity contribution < 1.29 is 9.59 Å². The van der Waals surface area contributed by atoms with Gasteiger partial charge in [0.1, 0.15) is 6.04 Å². The van der Waals surface area contributed by atoms with Gasteiger partial charge in [-0.15, -0.1) is 0 Å². The fourth-order valence-electron chi connectivity index (χ4n) is 2.10. The van der Waals surface area contributed by atoms with Crippen molar-refractivity contribution in [2.45, 2.75) is 13.0 Å². The maximum Gasteiger partial charge on any atom is 0.257 e. The normalized spacial score (nSPS) is 21.0. The Morgan fingerprint density at radius 1 is 1.50 bits per heavy atom. The minimum atomic E-state index is -0.421. The molecule has 2 amide bonds. The van der Waals surface area contributed by atoms with Crippen molar-refractivity contribution in [2.75, 3.05) is 26.7 Å². The predicted octanol–water partition coefficient (Wildman–Crippen LogP) is -1.04. The molecule has 3 N–H and O–H groups in total. The summed E-state index contributed by atoms with van der Waals surface area (Å²) < 4.78 is 0. The number of nitrogens with two attached hydrogens (primary N) is 1. The number of rotatable bonds is 2. The van der Waals surface area contributed by atoms with Crippen molar-refractivity contribution in [3.63, 3.8) is 0 Å². The Bertz CT molecular complexity index is 470. The molecule has 1 fully saturated rings. The number of H-pyrrole nitrogens is 1. The van der Waals surface area contributed by atoms with Gasteiger partial charge in [-0.3, -0.25) is 19.6 Å². The van der Waals surface area contributed by atoms with E-state index in [0.29, 0.717) is 25.2 Å². The molecule has 0 saturated carbocycles. The van der Waals surface area contributed by atoms with Gasteiger partial charge in [0.2, 0.25) is 5.91 Å². The summed E-state index contributed by atoms with van der Waals surface area (Å²) in [7, 11) is 1.83. The molecule has 1 aliphatic heterocycles. The molecular formula is C11H17N5O2. The van der Waals surface area contributed by atoms with Gasteiger partial charge >= 0.3 is 0 Å². The van der Waals surface area contributed by atoms with Crippen molar-refractivity contribution in [3.05, 3.63) is 17.5 Å². The number of hydrogen-bond acceptors (Lipinski definition) is 4. The van der Waals surface area contributed by atoms with Crippen LogP contribution in [-0.4, -0.2) is 64.5 Å². The molecule has 0 unspecified atom stereocenters. The Morgan fingerprint density at radius 3 is 2.78 bits per heavy atom. The van der Waals surface area contributed by atoms with Crippen LogP contribution in [-0.2, 0) is 4.79 Å². The number of hydrogen-bond donors (Lipinski definition) is 2. The second-order valence-electron chi connectivity index (χ2n) is 4.56. The number of aryl methyl sites for hydroxylation is 1. The van der Waals surface area contributed by atoms with Crippen LogP contribution in [0.3, 0.4) is 0 Å². The van der Waals surface area contributed by atoms with Gasteiger partial charge < -0.3 is 10.6 Å². The van der Waals surface area contributed by atoms with Crippen LogP contribution in [0.15, 0.2) is 6.20 Å². The lowest BCUT2D eigenvalue weighted by atomic mass is 10.1. The van der Waals surface area contributed by atoms with Crippen LogP contribution >= 0.6 is 0 Å². The Morgan fingerprint density at radius 2 is 2.22 bits per heavy atom. The van der Waals surface area contributed by atoms with Crippen LogP contribution in [0.4, 0.5) is 0 Å². The summed E-state index contributed by atoms with van der Waals surface area (Å²) in [5, 5.41) is 6.56. The van der Waals surface area contributed by atoms with Gasteiger partial charge in [0.15, 0.2) is 0 Å². The molecule has 7 heteroatoms. The quantitative estimate of drug-likeness (QED) is 0.702. The number of carbonyl (C=O) groups is 2. The highest BCUT2D eigenvalue weighted by Crippen LogP contribution is 2.13. The highest BCUT2D eigenvalue weighted by Gasteiger charge is 2.31. The van der Waals surface area contributed by atoms with Crippen LogP contribution in [0, 0.1) is 6.92 Å². The maximum absolute atomic E-state index is 12.3. The summed E-state index contributed by atoms with van der Waals surface area (Å²) in [5.41, 5.74) is 6.61. The first-order valence-corrected chi connectivity index (χ1v) is 5.79. The minimum Gasteiger partial charge on any atom is -0.368 e. The molecule has 0 spiro atoms. The van der Waals surface area contributed by atoms with Crippen LogP contribution in [0.25, 0.3) is 0 Å². The first-order chi connectivity index (χ1) is 8.50. The van der Waals surface area contributed by atoms with Crippen molar-refractivity contribution in [3.8, 4) is 0 Å². The van der Waals surface area contributed by atoms with Gasteiger partial charge in [0.05, 0.1) is 11.8 Å². The number of nitrogens with one attached hydrogen (secondary N) is 1. The van der Waals surface area contributed by atoms with E-state index in [1.54, 1.807) is 11.8 Å². The standard InChI is InChI=1S/C11H17N5O2/c1-7-8(5-13-14-7)11(18)16-4-3-15(2)9(6-16)10(12)17/h5,9H,3-4,6H2,1-2H3,(H2,12,17)(H,13,14)/t9-/m1/s1. The number of nitrogens with zero attached hydrogens (tertiary/aromatic N) is 3. The first kappa shape index (κ1) is 12.6. The molecule has 0 radical (unpaired) electrons. The molecule has 1 saturated heterocycles. The van der Waals surface area contributed by atoms with E-state index in [9.17, 15) is 9.59 Å². The number of piperazine rings is 1. The van der Waals surface area contributed by atoms with Gasteiger partial charge in [-0.2, -0.15) is 5.10 Å². The average molecular weight is 251 g/mol. The van der Waals surface area contributed by atoms with Crippen LogP contribution in [0.1, 0.15) is 16.1 Å². The fraction of sp³-hybridized carbons (Fsp3) is 0.545. The van der Waals surface area contributed by atoms with Crippen molar-refractivity contribution in [2.24, 2.45) is 5.73 Å². The zero-order valence-corrected chi connectivity index (χ0v) is 10.5. The second-order valence-corrected chi connectivity index (χ2v) is 4.56. The van der Waals surface area contributed by atoms with Crippen LogP contribution < -0.4 is 5.73 Å². The second kappa shape index (κ2) is 4.77. The van der Waals surface area contributed by atoms with Crippen LogP contribution in [0.2, 0.25) is 0 Å². The Labute approximate surface area is 105 Å². The van der Waals surface area contributed by atoms with Gasteiger partial charge in [-0.25, -0.2) is 0 Å². The lowest BCUT2D eigenvalue weighted by Crippen LogP contribution is -2.57. The lowest BCUT2D eigenvalue weighted by Gasteiger charge is -2.37. The van der Waals surface area contributed by atoms with E-state index < -0.39 is 11.9 Å². The Balaban J connectivity index is 2.13. The van der Waals surface area contributed by atoms with Crippen molar-refractivity contribution >= 4 is 11.8 Å². The van der Waals surface area contributed by atoms with Gasteiger partial charge in [-0.05, 0) is 14.0 Å². The highest BCUT2D eigenvalue weighted by molar-refractivity contribution is 5.95. The van der Waals surface area contributed by atoms with E-state index in [0.717, 1.165) is 5.69 Å². The number of carbonyl (C=O) groups excluding carboxylic acids is 2. The summed E-state index contributed by atoms with van der Waals surface area (Å²) >= 11 is 0. The van der Waals surface area contributed by atoms with Crippen LogP contribution in [0.5, 0.6) is 0 Å². The Kier molecular flexibility index (Phi) is 3.33. The summed E-state index contributed by atoms with van der Waals surface area (Å²) in [6, 6.07) is -0.421. The molecule has 1 atom stereocenters. The minimum absolute atomic E-state index is 0.111. The third-order valence-corrected chi connectivity index (χ3v) is 3.32. The molecule has 2 rings (SSSR count). The number of aromatic nitrogens is 2. The topological polar surface area (TPSA) is 95.3 Å². The first-order valence-electron chi connectivity index (χ1n) is 5.79.